The molecule has 15 nitrogen and oxygen atoms in total. The number of rotatable bonds is 39. The van der Waals surface area contributed by atoms with E-state index in [1.165, 1.54) is 38.5 Å². The second-order valence-electron chi connectivity index (χ2n) is 14.3. The number of hydrogen-bond acceptors (Lipinski definition) is 12. The summed E-state index contributed by atoms with van der Waals surface area (Å²) >= 11 is 0. The highest BCUT2D eigenvalue weighted by Gasteiger charge is 2.28. The molecule has 5 atom stereocenters. The molecule has 0 spiro atoms. The number of unbranched alkanes of at least 4 members (excludes halogenated alkanes) is 12. The number of ether oxygens (including phenoxy) is 2. The lowest BCUT2D eigenvalue weighted by molar-refractivity contribution is -0.161. The molecule has 0 aliphatic rings. The van der Waals surface area contributed by atoms with Gasteiger partial charge in [-0.3, -0.25) is 23.2 Å². The smallest absolute Gasteiger partial charge is 0.462 e. The van der Waals surface area contributed by atoms with Crippen LogP contribution in [0.5, 0.6) is 0 Å². The molecule has 0 fully saturated rings. The van der Waals surface area contributed by atoms with E-state index in [1.807, 2.05) is 6.08 Å². The van der Waals surface area contributed by atoms with E-state index >= 15 is 0 Å². The molecule has 0 rings (SSSR count). The van der Waals surface area contributed by atoms with Crippen molar-refractivity contribution >= 4 is 27.6 Å². The molecular weight excluding hydrogens is 806 g/mol. The molecule has 342 valence electrons. The molecule has 1 unspecified atom stereocenters. The number of aliphatic hydroxyl groups excluding tert-OH is 3. The van der Waals surface area contributed by atoms with E-state index in [0.29, 0.717) is 12.8 Å². The summed E-state index contributed by atoms with van der Waals surface area (Å²) in [7, 11) is -9.77. The summed E-state index contributed by atoms with van der Waals surface area (Å²) in [5, 5.41) is 30.0. The molecule has 0 radical (unpaired) electrons. The fourth-order valence-electron chi connectivity index (χ4n) is 5.24. The van der Waals surface area contributed by atoms with Crippen molar-refractivity contribution < 1.29 is 71.8 Å². The Labute approximate surface area is 352 Å². The molecule has 0 bridgehead atoms. The zero-order valence-electron chi connectivity index (χ0n) is 35.3. The van der Waals surface area contributed by atoms with Crippen LogP contribution in [-0.2, 0) is 41.8 Å². The first kappa shape index (κ1) is 56.7. The molecule has 6 N–H and O–H groups in total. The minimum Gasteiger partial charge on any atom is -0.462 e. The number of phosphoric ester groups is 2. The maximum Gasteiger partial charge on any atom is 0.472 e. The van der Waals surface area contributed by atoms with Crippen LogP contribution in [0.2, 0.25) is 0 Å². The Morgan fingerprint density at radius 2 is 1.07 bits per heavy atom. The van der Waals surface area contributed by atoms with Crippen molar-refractivity contribution in [3.05, 3.63) is 60.8 Å². The number of phosphoric acid groups is 2. The van der Waals surface area contributed by atoms with Gasteiger partial charge in [-0.25, -0.2) is 9.13 Å². The minimum atomic E-state index is -4.89. The van der Waals surface area contributed by atoms with Crippen LogP contribution in [0, 0.1) is 0 Å². The van der Waals surface area contributed by atoms with Gasteiger partial charge >= 0.3 is 27.6 Å². The maximum absolute atomic E-state index is 12.7. The second kappa shape index (κ2) is 37.5. The van der Waals surface area contributed by atoms with E-state index in [4.69, 9.17) is 23.8 Å². The van der Waals surface area contributed by atoms with Gasteiger partial charge in [0.2, 0.25) is 0 Å². The van der Waals surface area contributed by atoms with E-state index in [9.17, 15) is 38.9 Å². The van der Waals surface area contributed by atoms with E-state index in [2.05, 4.69) is 41.1 Å². The number of hydrogen-bond donors (Lipinski definition) is 6. The molecule has 0 aromatic heterocycles. The van der Waals surface area contributed by atoms with Gasteiger partial charge in [-0.1, -0.05) is 126 Å². The zero-order chi connectivity index (χ0) is 44.0. The van der Waals surface area contributed by atoms with Crippen LogP contribution in [0.1, 0.15) is 142 Å². The third-order valence-electron chi connectivity index (χ3n) is 8.56. The zero-order valence-corrected chi connectivity index (χ0v) is 37.1. The molecular formula is C42H74O15P2. The number of allylic oxidation sites excluding steroid dienone is 7. The average Bonchev–Trinajstić information content (AvgIpc) is 3.18. The van der Waals surface area contributed by atoms with Crippen LogP contribution in [-0.4, -0.2) is 92.8 Å². The van der Waals surface area contributed by atoms with Crippen LogP contribution in [0.4, 0.5) is 0 Å². The van der Waals surface area contributed by atoms with Crippen molar-refractivity contribution in [1.29, 1.82) is 0 Å². The van der Waals surface area contributed by atoms with Crippen LogP contribution < -0.4 is 0 Å². The third kappa shape index (κ3) is 40.9. The van der Waals surface area contributed by atoms with Crippen molar-refractivity contribution in [3.8, 4) is 0 Å². The Hall–Kier alpha value is -2.26. The fourth-order valence-corrected chi connectivity index (χ4v) is 6.40. The number of aliphatic hydroxyl groups is 3. The summed E-state index contributed by atoms with van der Waals surface area (Å²) in [6, 6.07) is 0. The molecule has 0 amide bonds. The van der Waals surface area contributed by atoms with Gasteiger partial charge in [0.25, 0.3) is 0 Å². The molecule has 0 saturated heterocycles. The largest absolute Gasteiger partial charge is 0.472 e. The lowest BCUT2D eigenvalue weighted by Gasteiger charge is -2.20. The van der Waals surface area contributed by atoms with Crippen molar-refractivity contribution in [2.45, 2.75) is 167 Å². The standard InChI is InChI=1S/C42H74O15P2/c1-3-5-7-9-11-12-13-14-15-16-17-19-25-31-41(46)53-35-40(36-56-59(51,52)55-34-39(45)33-54-58(48,49)50)57-42(47)32-26-30-38(44)29-24-21-20-23-28-37(43)27-22-18-10-8-6-4-2/h12-13,18,20-24,28-29,37-40,43-45H,3-11,14-17,19,25-27,30-36H2,1-2H3,(H,51,52)(H2,48,49,50)/b13-12-,21-20+,22-18-,28-23+,29-24-/t37-,38-,39-,40+/m0/s1. The summed E-state index contributed by atoms with van der Waals surface area (Å²) in [5.41, 5.74) is 0. The first-order valence-corrected chi connectivity index (χ1v) is 24.2. The lowest BCUT2D eigenvalue weighted by Crippen LogP contribution is -2.30. The van der Waals surface area contributed by atoms with E-state index in [0.717, 1.165) is 51.4 Å². The van der Waals surface area contributed by atoms with Gasteiger partial charge < -0.3 is 39.5 Å². The molecule has 0 heterocycles. The van der Waals surface area contributed by atoms with Crippen LogP contribution in [0.3, 0.4) is 0 Å². The highest BCUT2D eigenvalue weighted by atomic mass is 31.2. The predicted octanol–water partition coefficient (Wildman–Crippen LogP) is 8.39. The monoisotopic (exact) mass is 880 g/mol. The van der Waals surface area contributed by atoms with Crippen LogP contribution in [0.15, 0.2) is 60.8 Å². The Balaban J connectivity index is 4.83. The molecule has 0 saturated carbocycles. The highest BCUT2D eigenvalue weighted by molar-refractivity contribution is 7.47. The molecule has 0 aliphatic heterocycles. The van der Waals surface area contributed by atoms with Crippen molar-refractivity contribution in [2.24, 2.45) is 0 Å². The SMILES string of the molecule is CCCCC/C=C\C[C@H](O)/C=C/C=C/C=C\[C@H](O)CCCC(=O)O[C@H](COC(=O)CCCCCCC/C=C\CCCCCC)COP(=O)(O)OC[C@@H](O)COP(=O)(O)O. The maximum atomic E-state index is 12.7. The fraction of sp³-hybridized carbons (Fsp3) is 0.714. The first-order chi connectivity index (χ1) is 28.2. The molecule has 0 aromatic carbocycles. The Morgan fingerprint density at radius 1 is 0.559 bits per heavy atom. The average molecular weight is 881 g/mol. The number of esters is 2. The normalized spacial score (nSPS) is 15.7. The molecule has 59 heavy (non-hydrogen) atoms. The van der Waals surface area contributed by atoms with Gasteiger partial charge in [-0.15, -0.1) is 0 Å². The molecule has 0 aliphatic carbocycles. The first-order valence-electron chi connectivity index (χ1n) is 21.2. The second-order valence-corrected chi connectivity index (χ2v) is 17.0. The van der Waals surface area contributed by atoms with Gasteiger partial charge in [-0.05, 0) is 64.2 Å². The Kier molecular flexibility index (Phi) is 36.1. The summed E-state index contributed by atoms with van der Waals surface area (Å²) in [5.74, 6) is -1.29. The highest BCUT2D eigenvalue weighted by Crippen LogP contribution is 2.43. The van der Waals surface area contributed by atoms with Crippen molar-refractivity contribution in [1.82, 2.24) is 0 Å². The van der Waals surface area contributed by atoms with Crippen molar-refractivity contribution in [2.75, 3.05) is 26.4 Å². The van der Waals surface area contributed by atoms with Gasteiger partial charge in [-0.2, -0.15) is 0 Å². The van der Waals surface area contributed by atoms with Gasteiger partial charge in [0.15, 0.2) is 6.10 Å². The topological polar surface area (TPSA) is 236 Å². The van der Waals surface area contributed by atoms with Gasteiger partial charge in [0, 0.05) is 12.8 Å². The van der Waals surface area contributed by atoms with Crippen LogP contribution in [0.25, 0.3) is 0 Å². The third-order valence-corrected chi connectivity index (χ3v) is 10.00. The molecule has 17 heteroatoms. The molecule has 0 aromatic rings. The van der Waals surface area contributed by atoms with E-state index < -0.39 is 78.4 Å². The predicted molar refractivity (Wildman–Crippen MR) is 228 cm³/mol. The summed E-state index contributed by atoms with van der Waals surface area (Å²) in [6.07, 6.45) is 31.3. The lowest BCUT2D eigenvalue weighted by atomic mass is 10.1. The summed E-state index contributed by atoms with van der Waals surface area (Å²) < 4.78 is 47.5. The summed E-state index contributed by atoms with van der Waals surface area (Å²) in [6.45, 7) is 1.37. The van der Waals surface area contributed by atoms with E-state index in [-0.39, 0.29) is 25.7 Å². The Morgan fingerprint density at radius 3 is 1.71 bits per heavy atom. The van der Waals surface area contributed by atoms with Crippen molar-refractivity contribution in [3.63, 3.8) is 0 Å². The Bertz CT molecular complexity index is 1310. The minimum absolute atomic E-state index is 0.130. The van der Waals surface area contributed by atoms with Gasteiger partial charge in [0.1, 0.15) is 12.7 Å². The number of carbonyl (C=O) groups excluding carboxylic acids is 2. The summed E-state index contributed by atoms with van der Waals surface area (Å²) in [4.78, 5) is 52.6. The number of carbonyl (C=O) groups is 2. The van der Waals surface area contributed by atoms with Crippen LogP contribution >= 0.6 is 15.6 Å². The quantitative estimate of drug-likeness (QED) is 0.0112. The van der Waals surface area contributed by atoms with E-state index in [1.54, 1.807) is 36.5 Å². The van der Waals surface area contributed by atoms with Gasteiger partial charge in [0.05, 0.1) is 32.0 Å².